The van der Waals surface area contributed by atoms with Crippen LogP contribution in [0, 0.1) is 0 Å². The molecule has 46 valence electrons. The third kappa shape index (κ3) is 0.858. The summed E-state index contributed by atoms with van der Waals surface area (Å²) in [6, 6.07) is 0. The lowest BCUT2D eigenvalue weighted by Gasteiger charge is -2.29. The van der Waals surface area contributed by atoms with E-state index in [1.807, 2.05) is 0 Å². The fourth-order valence-corrected chi connectivity index (χ4v) is 0.777. The van der Waals surface area contributed by atoms with E-state index in [2.05, 4.69) is 5.06 Å². The fourth-order valence-electron chi connectivity index (χ4n) is 0.777. The van der Waals surface area contributed by atoms with E-state index in [1.54, 1.807) is 0 Å². The first kappa shape index (κ1) is 4.77. The van der Waals surface area contributed by atoms with E-state index in [1.165, 1.54) is 19.3 Å². The average molecular weight is 113 g/mol. The molecule has 0 spiro atoms. The van der Waals surface area contributed by atoms with Gasteiger partial charge in [0.2, 0.25) is 0 Å². The molecule has 0 amide bonds. The minimum Gasteiger partial charge on any atom is -0.296 e. The molecule has 0 aromatic heterocycles. The van der Waals surface area contributed by atoms with Gasteiger partial charge in [0.25, 0.3) is 0 Å². The Morgan fingerprint density at radius 2 is 2.00 bits per heavy atom. The van der Waals surface area contributed by atoms with Crippen LogP contribution in [0.2, 0.25) is 0 Å². The van der Waals surface area contributed by atoms with Crippen LogP contribution in [0.1, 0.15) is 19.3 Å². The topological polar surface area (TPSA) is 12.5 Å². The Morgan fingerprint density at radius 1 is 1.25 bits per heavy atom. The Bertz CT molecular complexity index is 86.5. The standard InChI is InChI=1S/C6H11NO/c1-4-7(5-1)8-6-2-3-6/h6H,1-5H2. The van der Waals surface area contributed by atoms with Crippen molar-refractivity contribution in [2.24, 2.45) is 0 Å². The van der Waals surface area contributed by atoms with Crippen molar-refractivity contribution in [2.75, 3.05) is 13.1 Å². The van der Waals surface area contributed by atoms with Gasteiger partial charge in [-0.15, -0.1) is 0 Å². The quantitative estimate of drug-likeness (QED) is 0.525. The average Bonchev–Trinajstić information content (AvgIpc) is 2.36. The number of nitrogens with zero attached hydrogens (tertiary/aromatic N) is 1. The predicted molar refractivity (Wildman–Crippen MR) is 30.3 cm³/mol. The Morgan fingerprint density at radius 3 is 2.38 bits per heavy atom. The summed E-state index contributed by atoms with van der Waals surface area (Å²) in [5.74, 6) is 0. The second kappa shape index (κ2) is 1.71. The summed E-state index contributed by atoms with van der Waals surface area (Å²) in [6.45, 7) is 2.33. The maximum Gasteiger partial charge on any atom is 0.0795 e. The molecule has 0 aromatic carbocycles. The summed E-state index contributed by atoms with van der Waals surface area (Å²) >= 11 is 0. The second-order valence-corrected chi connectivity index (χ2v) is 2.59. The van der Waals surface area contributed by atoms with Crippen LogP contribution in [-0.4, -0.2) is 24.3 Å². The molecule has 1 aliphatic carbocycles. The minimum atomic E-state index is 0.607. The van der Waals surface area contributed by atoms with E-state index in [0.29, 0.717) is 6.10 Å². The third-order valence-electron chi connectivity index (χ3n) is 1.64. The highest BCUT2D eigenvalue weighted by molar-refractivity contribution is 4.73. The summed E-state index contributed by atoms with van der Waals surface area (Å²) in [7, 11) is 0. The van der Waals surface area contributed by atoms with Crippen LogP contribution in [-0.2, 0) is 4.84 Å². The van der Waals surface area contributed by atoms with Crippen LogP contribution in [0.15, 0.2) is 0 Å². The Kier molecular flexibility index (Phi) is 1.02. The van der Waals surface area contributed by atoms with Gasteiger partial charge < -0.3 is 0 Å². The summed E-state index contributed by atoms with van der Waals surface area (Å²) in [5.41, 5.74) is 0. The molecule has 2 nitrogen and oxygen atoms in total. The summed E-state index contributed by atoms with van der Waals surface area (Å²) < 4.78 is 0. The molecule has 1 saturated heterocycles. The zero-order chi connectivity index (χ0) is 5.40. The van der Waals surface area contributed by atoms with Crippen LogP contribution >= 0.6 is 0 Å². The number of hydrogen-bond donors (Lipinski definition) is 0. The molecular weight excluding hydrogens is 102 g/mol. The first-order valence-electron chi connectivity index (χ1n) is 3.37. The van der Waals surface area contributed by atoms with Crippen LogP contribution in [0.3, 0.4) is 0 Å². The lowest BCUT2D eigenvalue weighted by atomic mass is 10.3. The van der Waals surface area contributed by atoms with Gasteiger partial charge in [-0.25, -0.2) is 0 Å². The molecule has 2 rings (SSSR count). The van der Waals surface area contributed by atoms with Crippen molar-refractivity contribution in [3.8, 4) is 0 Å². The van der Waals surface area contributed by atoms with Gasteiger partial charge in [0.1, 0.15) is 0 Å². The molecule has 2 heteroatoms. The highest BCUT2D eigenvalue weighted by Gasteiger charge is 2.27. The lowest BCUT2D eigenvalue weighted by Crippen LogP contribution is -2.37. The van der Waals surface area contributed by atoms with E-state index >= 15 is 0 Å². The first-order chi connectivity index (χ1) is 3.95. The Balaban J connectivity index is 1.66. The molecule has 1 saturated carbocycles. The molecule has 0 N–H and O–H groups in total. The molecule has 1 heterocycles. The third-order valence-corrected chi connectivity index (χ3v) is 1.64. The lowest BCUT2D eigenvalue weighted by molar-refractivity contribution is -0.205. The van der Waals surface area contributed by atoms with Crippen molar-refractivity contribution in [1.29, 1.82) is 0 Å². The van der Waals surface area contributed by atoms with Crippen LogP contribution in [0.5, 0.6) is 0 Å². The second-order valence-electron chi connectivity index (χ2n) is 2.59. The summed E-state index contributed by atoms with van der Waals surface area (Å²) in [5, 5.41) is 2.07. The summed E-state index contributed by atoms with van der Waals surface area (Å²) in [6.07, 6.45) is 4.51. The minimum absolute atomic E-state index is 0.607. The zero-order valence-electron chi connectivity index (χ0n) is 4.97. The molecule has 2 aliphatic rings. The molecule has 0 atom stereocenters. The van der Waals surface area contributed by atoms with E-state index < -0.39 is 0 Å². The van der Waals surface area contributed by atoms with E-state index in [-0.39, 0.29) is 0 Å². The maximum absolute atomic E-state index is 5.43. The normalized spacial score (nSPS) is 30.0. The first-order valence-corrected chi connectivity index (χ1v) is 3.37. The predicted octanol–water partition coefficient (Wildman–Crippen LogP) is 0.786. The Labute approximate surface area is 49.4 Å². The Hall–Kier alpha value is -0.0800. The summed E-state index contributed by atoms with van der Waals surface area (Å²) in [4.78, 5) is 5.43. The molecule has 1 aliphatic heterocycles. The van der Waals surface area contributed by atoms with Crippen molar-refractivity contribution in [3.63, 3.8) is 0 Å². The molecule has 2 fully saturated rings. The van der Waals surface area contributed by atoms with Gasteiger partial charge in [0, 0.05) is 13.1 Å². The van der Waals surface area contributed by atoms with E-state index in [9.17, 15) is 0 Å². The molecular formula is C6H11NO. The number of rotatable bonds is 2. The van der Waals surface area contributed by atoms with E-state index in [4.69, 9.17) is 4.84 Å². The van der Waals surface area contributed by atoms with Gasteiger partial charge in [-0.2, -0.15) is 5.06 Å². The SMILES string of the molecule is C1CN(OC2CC2)C1. The van der Waals surface area contributed by atoms with Gasteiger partial charge >= 0.3 is 0 Å². The molecule has 0 aromatic rings. The van der Waals surface area contributed by atoms with Crippen LogP contribution in [0.25, 0.3) is 0 Å². The van der Waals surface area contributed by atoms with E-state index in [0.717, 1.165) is 13.1 Å². The van der Waals surface area contributed by atoms with Gasteiger partial charge in [-0.05, 0) is 19.3 Å². The van der Waals surface area contributed by atoms with Gasteiger partial charge in [0.05, 0.1) is 6.10 Å². The smallest absolute Gasteiger partial charge is 0.0795 e. The number of hydroxylamine groups is 2. The monoisotopic (exact) mass is 113 g/mol. The van der Waals surface area contributed by atoms with Crippen molar-refractivity contribution in [1.82, 2.24) is 5.06 Å². The molecule has 0 bridgehead atoms. The zero-order valence-corrected chi connectivity index (χ0v) is 4.97. The number of hydrogen-bond acceptors (Lipinski definition) is 2. The molecule has 0 unspecified atom stereocenters. The van der Waals surface area contributed by atoms with Crippen LogP contribution < -0.4 is 0 Å². The largest absolute Gasteiger partial charge is 0.296 e. The van der Waals surface area contributed by atoms with Crippen molar-refractivity contribution in [3.05, 3.63) is 0 Å². The van der Waals surface area contributed by atoms with Gasteiger partial charge in [-0.1, -0.05) is 0 Å². The molecule has 8 heavy (non-hydrogen) atoms. The van der Waals surface area contributed by atoms with Gasteiger partial charge in [0.15, 0.2) is 0 Å². The highest BCUT2D eigenvalue weighted by atomic mass is 16.7. The molecule has 0 radical (unpaired) electrons. The fraction of sp³-hybridized carbons (Fsp3) is 1.00. The van der Waals surface area contributed by atoms with Gasteiger partial charge in [-0.3, -0.25) is 4.84 Å². The maximum atomic E-state index is 5.43. The highest BCUT2D eigenvalue weighted by Crippen LogP contribution is 2.26. The van der Waals surface area contributed by atoms with Crippen molar-refractivity contribution < 1.29 is 4.84 Å². The van der Waals surface area contributed by atoms with Crippen molar-refractivity contribution >= 4 is 0 Å². The van der Waals surface area contributed by atoms with Crippen molar-refractivity contribution in [2.45, 2.75) is 25.4 Å². The van der Waals surface area contributed by atoms with Crippen LogP contribution in [0.4, 0.5) is 0 Å².